The molecule has 0 saturated carbocycles. The van der Waals surface area contributed by atoms with Gasteiger partial charge in [0, 0.05) is 48.2 Å². The van der Waals surface area contributed by atoms with Crippen LogP contribution < -0.4 is 21.3 Å². The average molecular weight is 720 g/mol. The van der Waals surface area contributed by atoms with Gasteiger partial charge in [0.15, 0.2) is 5.69 Å². The Kier molecular flexibility index (Phi) is 9.78. The molecule has 0 aliphatic carbocycles. The molecule has 250 valence electrons. The lowest BCUT2D eigenvalue weighted by molar-refractivity contribution is -0.142. The van der Waals surface area contributed by atoms with Gasteiger partial charge in [0.1, 0.15) is 17.9 Å². The minimum atomic E-state index is -1.26. The standard InChI is InChI=1S/C35H36BrFN6O5/c36-24-7-4-8-26(19-24)40-34(46)42-16-13-28(29(20-42)23-5-2-1-3-6-23)32(44)41-17-14-35(47,15-18-41)21-43-22-39-31(30(38)33(43)45)48-27-11-9-25(37)10-12-27/h1-12,19,22,28-29,47H,13-18,20-21,38H2,(H,40,46)/t28-,29+/m1/s1. The van der Waals surface area contributed by atoms with Crippen molar-refractivity contribution in [2.24, 2.45) is 5.92 Å². The number of likely N-dealkylation sites (tertiary alicyclic amines) is 2. The number of urea groups is 1. The van der Waals surface area contributed by atoms with E-state index < -0.39 is 17.0 Å². The van der Waals surface area contributed by atoms with E-state index in [4.69, 9.17) is 10.5 Å². The van der Waals surface area contributed by atoms with Gasteiger partial charge < -0.3 is 30.7 Å². The molecule has 11 nitrogen and oxygen atoms in total. The number of aliphatic hydroxyl groups is 1. The van der Waals surface area contributed by atoms with Crippen LogP contribution in [0.4, 0.5) is 20.6 Å². The van der Waals surface area contributed by atoms with Gasteiger partial charge in [-0.15, -0.1) is 0 Å². The van der Waals surface area contributed by atoms with Crippen molar-refractivity contribution >= 4 is 39.2 Å². The van der Waals surface area contributed by atoms with Gasteiger partial charge in [-0.05, 0) is 67.3 Å². The maximum Gasteiger partial charge on any atom is 0.321 e. The number of carbonyl (C=O) groups excluding carboxylic acids is 2. The summed E-state index contributed by atoms with van der Waals surface area (Å²) in [7, 11) is 0. The zero-order valence-corrected chi connectivity index (χ0v) is 27.7. The highest BCUT2D eigenvalue weighted by Crippen LogP contribution is 2.36. The number of hydrogen-bond acceptors (Lipinski definition) is 7. The monoisotopic (exact) mass is 718 g/mol. The van der Waals surface area contributed by atoms with Crippen LogP contribution in [0.25, 0.3) is 0 Å². The molecular weight excluding hydrogens is 683 g/mol. The smallest absolute Gasteiger partial charge is 0.321 e. The molecule has 13 heteroatoms. The Bertz CT molecular complexity index is 1830. The Morgan fingerprint density at radius 1 is 1.02 bits per heavy atom. The molecule has 48 heavy (non-hydrogen) atoms. The van der Waals surface area contributed by atoms with Gasteiger partial charge in [-0.1, -0.05) is 52.3 Å². The van der Waals surface area contributed by atoms with Crippen molar-refractivity contribution in [3.8, 4) is 11.6 Å². The molecule has 0 radical (unpaired) electrons. The van der Waals surface area contributed by atoms with Gasteiger partial charge >= 0.3 is 6.03 Å². The highest BCUT2D eigenvalue weighted by Gasteiger charge is 2.41. The Hall–Kier alpha value is -4.75. The fraction of sp³-hybridized carbons (Fsp3) is 0.314. The van der Waals surface area contributed by atoms with Gasteiger partial charge in [-0.25, -0.2) is 14.2 Å². The van der Waals surface area contributed by atoms with Crippen molar-refractivity contribution < 1.29 is 23.8 Å². The minimum Gasteiger partial charge on any atom is -0.437 e. The van der Waals surface area contributed by atoms with Crippen LogP contribution in [0.2, 0.25) is 0 Å². The van der Waals surface area contributed by atoms with E-state index in [-0.39, 0.29) is 60.5 Å². The molecule has 0 unspecified atom stereocenters. The lowest BCUT2D eigenvalue weighted by Gasteiger charge is -2.43. The number of benzene rings is 3. The predicted molar refractivity (Wildman–Crippen MR) is 182 cm³/mol. The fourth-order valence-electron chi connectivity index (χ4n) is 6.39. The van der Waals surface area contributed by atoms with E-state index in [9.17, 15) is 23.9 Å². The number of carbonyl (C=O) groups is 2. The molecule has 2 saturated heterocycles. The van der Waals surface area contributed by atoms with Crippen LogP contribution in [0.5, 0.6) is 11.6 Å². The molecule has 2 fully saturated rings. The summed E-state index contributed by atoms with van der Waals surface area (Å²) >= 11 is 3.43. The number of nitrogens with two attached hydrogens (primary N) is 1. The number of rotatable bonds is 7. The SMILES string of the molecule is Nc1c(Oc2ccc(F)cc2)ncn(CC2(O)CCN(C(=O)[C@@H]3CCN(C(=O)Nc4cccc(Br)c4)C[C@H]3c3ccccc3)CC2)c1=O. The van der Waals surface area contributed by atoms with Crippen LogP contribution in [-0.4, -0.2) is 68.2 Å². The second-order valence-corrected chi connectivity index (χ2v) is 13.2. The third kappa shape index (κ3) is 7.52. The third-order valence-corrected chi connectivity index (χ3v) is 9.55. The van der Waals surface area contributed by atoms with Gasteiger partial charge in [0.05, 0.1) is 12.1 Å². The van der Waals surface area contributed by atoms with E-state index in [0.29, 0.717) is 38.3 Å². The Morgan fingerprint density at radius 2 is 1.75 bits per heavy atom. The first kappa shape index (κ1) is 33.2. The average Bonchev–Trinajstić information content (AvgIpc) is 3.09. The summed E-state index contributed by atoms with van der Waals surface area (Å²) in [6.45, 7) is 1.37. The van der Waals surface area contributed by atoms with E-state index in [0.717, 1.165) is 10.0 Å². The molecule has 4 N–H and O–H groups in total. The number of aromatic nitrogens is 2. The molecule has 3 heterocycles. The summed E-state index contributed by atoms with van der Waals surface area (Å²) in [5, 5.41) is 14.4. The molecule has 0 spiro atoms. The molecule has 1 aromatic heterocycles. The zero-order valence-electron chi connectivity index (χ0n) is 26.1. The quantitative estimate of drug-likeness (QED) is 0.238. The maximum absolute atomic E-state index is 14.0. The number of hydrogen-bond donors (Lipinski definition) is 3. The summed E-state index contributed by atoms with van der Waals surface area (Å²) < 4.78 is 20.9. The van der Waals surface area contributed by atoms with Crippen molar-refractivity contribution in [1.29, 1.82) is 0 Å². The minimum absolute atomic E-state index is 0.0108. The van der Waals surface area contributed by atoms with Crippen LogP contribution in [0.15, 0.2) is 94.5 Å². The van der Waals surface area contributed by atoms with Gasteiger partial charge in [0.25, 0.3) is 5.56 Å². The summed E-state index contributed by atoms with van der Waals surface area (Å²) in [6, 6.07) is 22.2. The number of nitrogens with zero attached hydrogens (tertiary/aromatic N) is 4. The third-order valence-electron chi connectivity index (χ3n) is 9.06. The maximum atomic E-state index is 14.0. The normalized spacial score (nSPS) is 19.1. The number of nitrogens with one attached hydrogen (secondary N) is 1. The van der Waals surface area contributed by atoms with Gasteiger partial charge in [0.2, 0.25) is 11.8 Å². The van der Waals surface area contributed by atoms with Gasteiger partial charge in [-0.3, -0.25) is 14.2 Å². The summed E-state index contributed by atoms with van der Waals surface area (Å²) in [5.41, 5.74) is 5.62. The molecule has 4 aromatic rings. The van der Waals surface area contributed by atoms with Crippen molar-refractivity contribution in [2.45, 2.75) is 37.3 Å². The molecule has 6 rings (SSSR count). The Balaban J connectivity index is 1.10. The highest BCUT2D eigenvalue weighted by atomic mass is 79.9. The summed E-state index contributed by atoms with van der Waals surface area (Å²) in [4.78, 5) is 48.0. The van der Waals surface area contributed by atoms with E-state index in [1.54, 1.807) is 9.80 Å². The highest BCUT2D eigenvalue weighted by molar-refractivity contribution is 9.10. The van der Waals surface area contributed by atoms with E-state index in [1.165, 1.54) is 35.2 Å². The molecule has 2 aliphatic rings. The molecule has 0 bridgehead atoms. The van der Waals surface area contributed by atoms with Crippen molar-refractivity contribution in [3.63, 3.8) is 0 Å². The first-order valence-corrected chi connectivity index (χ1v) is 16.5. The molecule has 3 amide bonds. The molecule has 2 aliphatic heterocycles. The second-order valence-electron chi connectivity index (χ2n) is 12.3. The Labute approximate surface area is 285 Å². The predicted octanol–water partition coefficient (Wildman–Crippen LogP) is 5.21. The lowest BCUT2D eigenvalue weighted by atomic mass is 9.79. The fourth-order valence-corrected chi connectivity index (χ4v) is 6.79. The Morgan fingerprint density at radius 3 is 2.46 bits per heavy atom. The van der Waals surface area contributed by atoms with Crippen LogP contribution in [-0.2, 0) is 11.3 Å². The number of anilines is 2. The first-order chi connectivity index (χ1) is 23.1. The summed E-state index contributed by atoms with van der Waals surface area (Å²) in [6.07, 6.45) is 2.27. The van der Waals surface area contributed by atoms with Crippen LogP contribution in [0.3, 0.4) is 0 Å². The largest absolute Gasteiger partial charge is 0.437 e. The first-order valence-electron chi connectivity index (χ1n) is 15.7. The number of ether oxygens (including phenoxy) is 1. The van der Waals surface area contributed by atoms with Crippen molar-refractivity contribution in [3.05, 3.63) is 111 Å². The van der Waals surface area contributed by atoms with Crippen LogP contribution in [0.1, 0.15) is 30.7 Å². The van der Waals surface area contributed by atoms with E-state index in [1.807, 2.05) is 54.6 Å². The summed E-state index contributed by atoms with van der Waals surface area (Å²) in [5.74, 6) is -0.826. The van der Waals surface area contributed by atoms with Crippen molar-refractivity contribution in [2.75, 3.05) is 37.2 Å². The van der Waals surface area contributed by atoms with E-state index >= 15 is 0 Å². The number of piperidine rings is 2. The number of amides is 3. The second kappa shape index (κ2) is 14.2. The lowest BCUT2D eigenvalue weighted by Crippen LogP contribution is -2.53. The molecular formula is C35H36BrFN6O5. The van der Waals surface area contributed by atoms with E-state index in [2.05, 4.69) is 26.2 Å². The van der Waals surface area contributed by atoms with Gasteiger partial charge in [-0.2, -0.15) is 0 Å². The van der Waals surface area contributed by atoms with Crippen molar-refractivity contribution in [1.82, 2.24) is 19.4 Å². The topological polar surface area (TPSA) is 143 Å². The van der Waals surface area contributed by atoms with Crippen LogP contribution >= 0.6 is 15.9 Å². The number of halogens is 2. The van der Waals surface area contributed by atoms with Crippen LogP contribution in [0, 0.1) is 11.7 Å². The zero-order chi connectivity index (χ0) is 33.8. The molecule has 3 aromatic carbocycles. The number of nitrogen functional groups attached to an aromatic ring is 1. The molecule has 2 atom stereocenters.